The van der Waals surface area contributed by atoms with Gasteiger partial charge in [-0.05, 0) is 18.8 Å². The number of piperazine rings is 1. The summed E-state index contributed by atoms with van der Waals surface area (Å²) in [5.74, 6) is 2.61. The Bertz CT molecular complexity index is 449. The lowest BCUT2D eigenvalue weighted by atomic mass is 9.82. The maximum absolute atomic E-state index is 11.1. The summed E-state index contributed by atoms with van der Waals surface area (Å²) in [4.78, 5) is 15.6. The predicted octanol–water partition coefficient (Wildman–Crippen LogP) is 1.12. The van der Waals surface area contributed by atoms with Gasteiger partial charge in [0.25, 0.3) is 0 Å². The van der Waals surface area contributed by atoms with Gasteiger partial charge in [-0.15, -0.1) is 0 Å². The topological polar surface area (TPSA) is 80.0 Å². The van der Waals surface area contributed by atoms with Gasteiger partial charge in [-0.2, -0.15) is 4.98 Å². The number of carbonyl (C=O) groups is 1. The first-order valence-corrected chi connectivity index (χ1v) is 7.06. The van der Waals surface area contributed by atoms with Crippen molar-refractivity contribution in [1.82, 2.24) is 20.8 Å². The molecule has 1 amide bonds. The molecule has 2 fully saturated rings. The second-order valence-corrected chi connectivity index (χ2v) is 5.70. The van der Waals surface area contributed by atoms with Crippen molar-refractivity contribution in [2.75, 3.05) is 13.1 Å². The van der Waals surface area contributed by atoms with Crippen LogP contribution in [0.5, 0.6) is 0 Å². The zero-order valence-electron chi connectivity index (χ0n) is 11.2. The van der Waals surface area contributed by atoms with Gasteiger partial charge in [-0.3, -0.25) is 10.1 Å². The van der Waals surface area contributed by atoms with Gasteiger partial charge in [0.2, 0.25) is 11.8 Å². The summed E-state index contributed by atoms with van der Waals surface area (Å²) in [5.41, 5.74) is 0. The van der Waals surface area contributed by atoms with E-state index in [1.165, 1.54) is 12.8 Å². The minimum Gasteiger partial charge on any atom is -0.353 e. The molecule has 0 spiro atoms. The number of hydrogen-bond donors (Lipinski definition) is 2. The molecular formula is C13H20N4O2. The van der Waals surface area contributed by atoms with Crippen LogP contribution >= 0.6 is 0 Å². The van der Waals surface area contributed by atoms with Gasteiger partial charge in [0.1, 0.15) is 6.04 Å². The minimum atomic E-state index is -0.0556. The van der Waals surface area contributed by atoms with Crippen LogP contribution in [0.1, 0.15) is 56.3 Å². The maximum atomic E-state index is 11.1. The minimum absolute atomic E-state index is 0.0112. The molecule has 0 radical (unpaired) electrons. The van der Waals surface area contributed by atoms with Crippen molar-refractivity contribution in [3.8, 4) is 0 Å². The Labute approximate surface area is 112 Å². The highest BCUT2D eigenvalue weighted by Gasteiger charge is 2.28. The highest BCUT2D eigenvalue weighted by Crippen LogP contribution is 2.34. The Balaban J connectivity index is 1.67. The zero-order valence-corrected chi connectivity index (χ0v) is 11.2. The molecule has 1 aliphatic heterocycles. The van der Waals surface area contributed by atoms with E-state index in [0.717, 1.165) is 24.6 Å². The summed E-state index contributed by atoms with van der Waals surface area (Å²) < 4.78 is 5.35. The van der Waals surface area contributed by atoms with Gasteiger partial charge in [0.15, 0.2) is 5.82 Å². The second kappa shape index (κ2) is 5.28. The van der Waals surface area contributed by atoms with Crippen LogP contribution < -0.4 is 10.6 Å². The van der Waals surface area contributed by atoms with Gasteiger partial charge < -0.3 is 9.84 Å². The van der Waals surface area contributed by atoms with Crippen molar-refractivity contribution < 1.29 is 9.32 Å². The lowest BCUT2D eigenvalue weighted by Gasteiger charge is -2.24. The fourth-order valence-electron chi connectivity index (χ4n) is 2.96. The molecule has 1 aromatic rings. The van der Waals surface area contributed by atoms with Gasteiger partial charge in [-0.1, -0.05) is 24.9 Å². The van der Waals surface area contributed by atoms with E-state index < -0.39 is 0 Å². The van der Waals surface area contributed by atoms with E-state index in [9.17, 15) is 4.79 Å². The molecule has 19 heavy (non-hydrogen) atoms. The third-order valence-corrected chi connectivity index (χ3v) is 4.07. The van der Waals surface area contributed by atoms with E-state index in [2.05, 4.69) is 27.7 Å². The zero-order chi connectivity index (χ0) is 13.2. The molecule has 3 rings (SSSR count). The largest absolute Gasteiger partial charge is 0.353 e. The molecule has 104 valence electrons. The Morgan fingerprint density at radius 2 is 2.26 bits per heavy atom. The Morgan fingerprint density at radius 1 is 1.37 bits per heavy atom. The van der Waals surface area contributed by atoms with Gasteiger partial charge in [0.05, 0.1) is 6.54 Å². The molecule has 6 heteroatoms. The summed E-state index contributed by atoms with van der Waals surface area (Å²) in [7, 11) is 0. The highest BCUT2D eigenvalue weighted by molar-refractivity contribution is 5.78. The summed E-state index contributed by atoms with van der Waals surface area (Å²) in [6.45, 7) is 3.11. The highest BCUT2D eigenvalue weighted by atomic mass is 16.5. The molecular weight excluding hydrogens is 244 g/mol. The number of amides is 1. The normalized spacial score (nSPS) is 32.1. The molecule has 3 unspecified atom stereocenters. The van der Waals surface area contributed by atoms with Crippen LogP contribution in [0.2, 0.25) is 0 Å². The molecule has 1 saturated heterocycles. The Kier molecular flexibility index (Phi) is 3.50. The summed E-state index contributed by atoms with van der Waals surface area (Å²) in [6, 6.07) is -0.0556. The monoisotopic (exact) mass is 264 g/mol. The molecule has 2 heterocycles. The molecule has 0 aromatic carbocycles. The van der Waals surface area contributed by atoms with Crippen LogP contribution in [0, 0.1) is 5.92 Å². The lowest BCUT2D eigenvalue weighted by Crippen LogP contribution is -2.47. The van der Waals surface area contributed by atoms with Crippen LogP contribution in [0.3, 0.4) is 0 Å². The van der Waals surface area contributed by atoms with Crippen molar-refractivity contribution >= 4 is 5.91 Å². The average Bonchev–Trinajstić information content (AvgIpc) is 2.89. The number of nitrogens with zero attached hydrogens (tertiary/aromatic N) is 2. The molecule has 1 saturated carbocycles. The van der Waals surface area contributed by atoms with Crippen LogP contribution in [0.15, 0.2) is 4.52 Å². The van der Waals surface area contributed by atoms with E-state index >= 15 is 0 Å². The van der Waals surface area contributed by atoms with Crippen LogP contribution in [-0.2, 0) is 4.79 Å². The van der Waals surface area contributed by atoms with Crippen LogP contribution in [-0.4, -0.2) is 29.1 Å². The first-order chi connectivity index (χ1) is 9.22. The molecule has 1 aliphatic carbocycles. The third kappa shape index (κ3) is 2.78. The number of nitrogens with one attached hydrogen (secondary N) is 2. The van der Waals surface area contributed by atoms with Crippen molar-refractivity contribution in [2.24, 2.45) is 5.92 Å². The summed E-state index contributed by atoms with van der Waals surface area (Å²) in [6.07, 6.45) is 4.84. The maximum Gasteiger partial charge on any atom is 0.245 e. The Hall–Kier alpha value is -1.43. The fraction of sp³-hybridized carbons (Fsp3) is 0.769. The number of carbonyl (C=O) groups excluding carboxylic acids is 1. The lowest BCUT2D eigenvalue weighted by molar-refractivity contribution is -0.121. The van der Waals surface area contributed by atoms with E-state index in [1.54, 1.807) is 0 Å². The molecule has 2 N–H and O–H groups in total. The summed E-state index contributed by atoms with van der Waals surface area (Å²) in [5, 5.41) is 10.0. The quantitative estimate of drug-likeness (QED) is 0.837. The SMILES string of the molecule is CC1CCCC(c2noc(C3CNC(=O)CN3)n2)C1. The number of hydrogen-bond acceptors (Lipinski definition) is 5. The predicted molar refractivity (Wildman–Crippen MR) is 68.4 cm³/mol. The fourth-order valence-corrected chi connectivity index (χ4v) is 2.96. The number of aromatic nitrogens is 2. The summed E-state index contributed by atoms with van der Waals surface area (Å²) >= 11 is 0. The third-order valence-electron chi connectivity index (χ3n) is 4.07. The van der Waals surface area contributed by atoms with Crippen LogP contribution in [0.25, 0.3) is 0 Å². The van der Waals surface area contributed by atoms with Crippen molar-refractivity contribution in [3.05, 3.63) is 11.7 Å². The van der Waals surface area contributed by atoms with Gasteiger partial charge in [0, 0.05) is 12.5 Å². The van der Waals surface area contributed by atoms with E-state index in [0.29, 0.717) is 24.9 Å². The molecule has 1 aromatic heterocycles. The van der Waals surface area contributed by atoms with Gasteiger partial charge >= 0.3 is 0 Å². The average molecular weight is 264 g/mol. The molecule has 2 aliphatic rings. The van der Waals surface area contributed by atoms with E-state index in [-0.39, 0.29) is 11.9 Å². The van der Waals surface area contributed by atoms with Crippen molar-refractivity contribution in [1.29, 1.82) is 0 Å². The van der Waals surface area contributed by atoms with Crippen LogP contribution in [0.4, 0.5) is 0 Å². The van der Waals surface area contributed by atoms with E-state index in [1.807, 2.05) is 0 Å². The first-order valence-electron chi connectivity index (χ1n) is 7.06. The van der Waals surface area contributed by atoms with Gasteiger partial charge in [-0.25, -0.2) is 0 Å². The van der Waals surface area contributed by atoms with Crippen molar-refractivity contribution in [2.45, 2.75) is 44.6 Å². The smallest absolute Gasteiger partial charge is 0.245 e. The standard InChI is InChI=1S/C13H20N4O2/c1-8-3-2-4-9(5-8)12-16-13(19-17-12)10-6-15-11(18)7-14-10/h8-10,14H,2-7H2,1H3,(H,15,18). The Morgan fingerprint density at radius 3 is 3.00 bits per heavy atom. The molecule has 6 nitrogen and oxygen atoms in total. The van der Waals surface area contributed by atoms with E-state index in [4.69, 9.17) is 4.52 Å². The molecule has 0 bridgehead atoms. The first kappa shape index (κ1) is 12.6. The molecule has 3 atom stereocenters. The number of rotatable bonds is 2. The van der Waals surface area contributed by atoms with Crippen molar-refractivity contribution in [3.63, 3.8) is 0 Å². The second-order valence-electron chi connectivity index (χ2n) is 5.70.